The van der Waals surface area contributed by atoms with Crippen molar-refractivity contribution in [2.24, 2.45) is 0 Å². The lowest BCUT2D eigenvalue weighted by molar-refractivity contribution is 0.111. The molecule has 1 atom stereocenters. The molecule has 0 amide bonds. The summed E-state index contributed by atoms with van der Waals surface area (Å²) < 4.78 is 28.9. The van der Waals surface area contributed by atoms with E-state index in [-0.39, 0.29) is 11.5 Å². The molecule has 22 heavy (non-hydrogen) atoms. The third-order valence-electron chi connectivity index (χ3n) is 3.10. The molecule has 0 aliphatic carbocycles. The van der Waals surface area contributed by atoms with Gasteiger partial charge < -0.3 is 5.11 Å². The number of aryl methyl sites for hydroxylation is 1. The van der Waals surface area contributed by atoms with Gasteiger partial charge in [0.2, 0.25) is 0 Å². The van der Waals surface area contributed by atoms with Gasteiger partial charge in [0, 0.05) is 0 Å². The number of nitrogens with zero attached hydrogens (tertiary/aromatic N) is 1. The summed E-state index contributed by atoms with van der Waals surface area (Å²) in [5.74, 6) is 0. The van der Waals surface area contributed by atoms with Gasteiger partial charge in [-0.25, -0.2) is 4.85 Å². The van der Waals surface area contributed by atoms with Gasteiger partial charge in [0.15, 0.2) is 5.69 Å². The maximum absolute atomic E-state index is 12.0. The Labute approximate surface area is 129 Å². The van der Waals surface area contributed by atoms with E-state index in [1.54, 1.807) is 36.4 Å². The fraction of sp³-hybridized carbons (Fsp3) is 0.188. The van der Waals surface area contributed by atoms with Crippen LogP contribution in [0.3, 0.4) is 0 Å². The minimum atomic E-state index is -3.90. The predicted octanol–water partition coefficient (Wildman–Crippen LogP) is 2.98. The number of hydrogen-bond donors (Lipinski definition) is 1. The average molecular weight is 317 g/mol. The summed E-state index contributed by atoms with van der Waals surface area (Å²) in [7, 11) is -3.90. The van der Waals surface area contributed by atoms with Gasteiger partial charge in [-0.2, -0.15) is 8.42 Å². The molecule has 2 aromatic rings. The normalized spacial score (nSPS) is 12.6. The van der Waals surface area contributed by atoms with E-state index in [0.717, 1.165) is 5.56 Å². The van der Waals surface area contributed by atoms with Crippen LogP contribution in [0, 0.1) is 13.5 Å². The largest absolute Gasteiger partial charge is 0.386 e. The molecular formula is C16H15NO4S. The number of aliphatic hydroxyl groups is 1. The summed E-state index contributed by atoms with van der Waals surface area (Å²) in [6, 6.07) is 12.5. The Bertz CT molecular complexity index is 774. The molecule has 0 spiro atoms. The van der Waals surface area contributed by atoms with Crippen LogP contribution in [-0.4, -0.2) is 20.1 Å². The first-order valence-corrected chi connectivity index (χ1v) is 7.95. The second-order valence-electron chi connectivity index (χ2n) is 4.77. The van der Waals surface area contributed by atoms with E-state index in [1.807, 2.05) is 6.92 Å². The van der Waals surface area contributed by atoms with Crippen LogP contribution in [0.15, 0.2) is 53.4 Å². The van der Waals surface area contributed by atoms with E-state index >= 15 is 0 Å². The maximum atomic E-state index is 12.0. The molecule has 6 heteroatoms. The van der Waals surface area contributed by atoms with Crippen molar-refractivity contribution in [2.75, 3.05) is 6.61 Å². The van der Waals surface area contributed by atoms with Gasteiger partial charge in [0.1, 0.15) is 6.10 Å². The summed E-state index contributed by atoms with van der Waals surface area (Å²) in [5, 5.41) is 9.97. The van der Waals surface area contributed by atoms with E-state index in [1.165, 1.54) is 12.1 Å². The Morgan fingerprint density at radius 1 is 1.14 bits per heavy atom. The number of aliphatic hydroxyl groups excluding tert-OH is 1. The summed E-state index contributed by atoms with van der Waals surface area (Å²) >= 11 is 0. The van der Waals surface area contributed by atoms with Gasteiger partial charge in [0.05, 0.1) is 18.1 Å². The lowest BCUT2D eigenvalue weighted by Gasteiger charge is -2.12. The molecule has 2 rings (SSSR count). The highest BCUT2D eigenvalue weighted by Crippen LogP contribution is 2.20. The van der Waals surface area contributed by atoms with Crippen LogP contribution in [-0.2, 0) is 14.3 Å². The molecule has 114 valence electrons. The zero-order chi connectivity index (χ0) is 16.2. The molecule has 0 heterocycles. The fourth-order valence-electron chi connectivity index (χ4n) is 1.79. The molecule has 5 nitrogen and oxygen atoms in total. The average Bonchev–Trinajstić information content (AvgIpc) is 2.53. The Kier molecular flexibility index (Phi) is 4.93. The van der Waals surface area contributed by atoms with Crippen molar-refractivity contribution in [3.05, 3.63) is 71.1 Å². The monoisotopic (exact) mass is 317 g/mol. The number of benzene rings is 2. The third kappa shape index (κ3) is 3.92. The van der Waals surface area contributed by atoms with Crippen LogP contribution in [0.1, 0.15) is 17.2 Å². The molecule has 0 unspecified atom stereocenters. The van der Waals surface area contributed by atoms with E-state index in [0.29, 0.717) is 11.3 Å². The maximum Gasteiger partial charge on any atom is 0.297 e. The minimum absolute atomic E-state index is 0.0497. The first-order chi connectivity index (χ1) is 10.4. The summed E-state index contributed by atoms with van der Waals surface area (Å²) in [4.78, 5) is 3.29. The first kappa shape index (κ1) is 16.2. The Balaban J connectivity index is 2.04. The van der Waals surface area contributed by atoms with E-state index in [4.69, 9.17) is 10.8 Å². The van der Waals surface area contributed by atoms with Crippen molar-refractivity contribution in [1.82, 2.24) is 0 Å². The van der Waals surface area contributed by atoms with Gasteiger partial charge in [-0.3, -0.25) is 4.18 Å². The first-order valence-electron chi connectivity index (χ1n) is 6.54. The topological polar surface area (TPSA) is 68.0 Å². The van der Waals surface area contributed by atoms with Gasteiger partial charge in [-0.15, -0.1) is 0 Å². The summed E-state index contributed by atoms with van der Waals surface area (Å²) in [6.45, 7) is 8.33. The second-order valence-corrected chi connectivity index (χ2v) is 6.39. The van der Waals surface area contributed by atoms with Gasteiger partial charge in [-0.05, 0) is 24.6 Å². The standard InChI is InChI=1S/C16H15NO4S/c1-12-3-9-15(10-4-12)22(19,20)21-11-16(18)13-5-7-14(17-2)8-6-13/h3-10,16,18H,11H2,1H3/t16-/m0/s1. The molecular weight excluding hydrogens is 302 g/mol. The second kappa shape index (κ2) is 6.71. The Hall–Kier alpha value is -2.20. The van der Waals surface area contributed by atoms with Gasteiger partial charge >= 0.3 is 0 Å². The lowest BCUT2D eigenvalue weighted by Crippen LogP contribution is -2.13. The third-order valence-corrected chi connectivity index (χ3v) is 4.39. The zero-order valence-corrected chi connectivity index (χ0v) is 12.7. The van der Waals surface area contributed by atoms with Crippen molar-refractivity contribution in [2.45, 2.75) is 17.9 Å². The predicted molar refractivity (Wildman–Crippen MR) is 82.0 cm³/mol. The lowest BCUT2D eigenvalue weighted by atomic mass is 10.1. The molecule has 0 bridgehead atoms. The highest BCUT2D eigenvalue weighted by Gasteiger charge is 2.18. The van der Waals surface area contributed by atoms with E-state index < -0.39 is 16.2 Å². The molecule has 0 aliphatic rings. The van der Waals surface area contributed by atoms with Crippen LogP contribution in [0.5, 0.6) is 0 Å². The molecule has 0 aliphatic heterocycles. The van der Waals surface area contributed by atoms with Crippen LogP contribution >= 0.6 is 0 Å². The van der Waals surface area contributed by atoms with E-state index in [2.05, 4.69) is 4.85 Å². The van der Waals surface area contributed by atoms with Crippen LogP contribution in [0.25, 0.3) is 4.85 Å². The molecule has 0 aromatic heterocycles. The quantitative estimate of drug-likeness (QED) is 0.680. The highest BCUT2D eigenvalue weighted by molar-refractivity contribution is 7.86. The highest BCUT2D eigenvalue weighted by atomic mass is 32.2. The van der Waals surface area contributed by atoms with Crippen molar-refractivity contribution in [1.29, 1.82) is 0 Å². The fourth-order valence-corrected chi connectivity index (χ4v) is 2.71. The Morgan fingerprint density at radius 3 is 2.27 bits per heavy atom. The van der Waals surface area contributed by atoms with Crippen molar-refractivity contribution < 1.29 is 17.7 Å². The van der Waals surface area contributed by atoms with Crippen LogP contribution < -0.4 is 0 Å². The van der Waals surface area contributed by atoms with Gasteiger partial charge in [-0.1, -0.05) is 42.0 Å². The molecule has 2 aromatic carbocycles. The molecule has 0 saturated heterocycles. The molecule has 0 saturated carbocycles. The van der Waals surface area contributed by atoms with E-state index in [9.17, 15) is 13.5 Å². The minimum Gasteiger partial charge on any atom is -0.386 e. The molecule has 0 fully saturated rings. The smallest absolute Gasteiger partial charge is 0.297 e. The van der Waals surface area contributed by atoms with Crippen molar-refractivity contribution in [3.8, 4) is 0 Å². The van der Waals surface area contributed by atoms with Crippen molar-refractivity contribution >= 4 is 15.8 Å². The van der Waals surface area contributed by atoms with Gasteiger partial charge in [0.25, 0.3) is 10.1 Å². The molecule has 0 radical (unpaired) electrons. The molecule has 1 N–H and O–H groups in total. The number of rotatable bonds is 5. The summed E-state index contributed by atoms with van der Waals surface area (Å²) in [6.07, 6.45) is -1.08. The summed E-state index contributed by atoms with van der Waals surface area (Å²) in [5.41, 5.74) is 1.88. The van der Waals surface area contributed by atoms with Crippen LogP contribution in [0.4, 0.5) is 5.69 Å². The SMILES string of the molecule is [C-]#[N+]c1ccc([C@@H](O)COS(=O)(=O)c2ccc(C)cc2)cc1. The zero-order valence-electron chi connectivity index (χ0n) is 11.9. The van der Waals surface area contributed by atoms with Crippen LogP contribution in [0.2, 0.25) is 0 Å². The number of hydrogen-bond acceptors (Lipinski definition) is 4. The Morgan fingerprint density at radius 2 is 1.73 bits per heavy atom. The van der Waals surface area contributed by atoms with Crippen molar-refractivity contribution in [3.63, 3.8) is 0 Å².